The van der Waals surface area contributed by atoms with E-state index in [-0.39, 0.29) is 0 Å². The molecule has 0 bridgehead atoms. The summed E-state index contributed by atoms with van der Waals surface area (Å²) >= 11 is 0. The van der Waals surface area contributed by atoms with E-state index in [4.69, 9.17) is 5.73 Å². The normalized spacial score (nSPS) is 12.5. The van der Waals surface area contributed by atoms with Crippen molar-refractivity contribution in [3.8, 4) is 0 Å². The van der Waals surface area contributed by atoms with Gasteiger partial charge in [0.1, 0.15) is 0 Å². The fourth-order valence-electron chi connectivity index (χ4n) is 1.81. The van der Waals surface area contributed by atoms with Crippen molar-refractivity contribution in [2.24, 2.45) is 5.73 Å². The Labute approximate surface area is 99.5 Å². The van der Waals surface area contributed by atoms with Gasteiger partial charge in [-0.3, -0.25) is 0 Å². The first-order valence-electron chi connectivity index (χ1n) is 6.13. The van der Waals surface area contributed by atoms with Gasteiger partial charge in [-0.1, -0.05) is 18.6 Å². The van der Waals surface area contributed by atoms with Crippen molar-refractivity contribution in [1.82, 2.24) is 0 Å². The number of hydrogen-bond acceptors (Lipinski definition) is 2. The number of aryl methyl sites for hydroxylation is 1. The molecular weight excluding hydrogens is 196 g/mol. The largest absolute Gasteiger partial charge is 0.375 e. The van der Waals surface area contributed by atoms with Crippen LogP contribution < -0.4 is 10.6 Å². The minimum atomic E-state index is 0.337. The van der Waals surface area contributed by atoms with E-state index in [1.54, 1.807) is 0 Å². The summed E-state index contributed by atoms with van der Waals surface area (Å²) in [6.07, 6.45) is 3.56. The van der Waals surface area contributed by atoms with E-state index < -0.39 is 0 Å². The molecule has 0 radical (unpaired) electrons. The number of benzene rings is 1. The van der Waals surface area contributed by atoms with E-state index in [1.165, 1.54) is 24.1 Å². The maximum absolute atomic E-state index is 5.73. The third-order valence-electron chi connectivity index (χ3n) is 2.85. The van der Waals surface area contributed by atoms with E-state index in [9.17, 15) is 0 Å². The molecule has 0 aliphatic rings. The molecule has 2 nitrogen and oxygen atoms in total. The quantitative estimate of drug-likeness (QED) is 0.747. The average molecular weight is 220 g/mol. The van der Waals surface area contributed by atoms with Crippen molar-refractivity contribution >= 4 is 5.69 Å². The Balaban J connectivity index is 2.32. The highest BCUT2D eigenvalue weighted by Crippen LogP contribution is 2.14. The Kier molecular flexibility index (Phi) is 5.33. The summed E-state index contributed by atoms with van der Waals surface area (Å²) in [5, 5.41) is 0. The molecule has 1 aromatic carbocycles. The SMILES string of the molecule is Cc1cccc(N(C)CCCCC(C)N)c1. The molecule has 0 amide bonds. The zero-order valence-corrected chi connectivity index (χ0v) is 10.7. The van der Waals surface area contributed by atoms with Gasteiger partial charge in [0.25, 0.3) is 0 Å². The van der Waals surface area contributed by atoms with Gasteiger partial charge >= 0.3 is 0 Å². The molecule has 2 heteroatoms. The molecule has 0 heterocycles. The van der Waals surface area contributed by atoms with Gasteiger partial charge in [0.05, 0.1) is 0 Å². The van der Waals surface area contributed by atoms with Crippen molar-refractivity contribution in [2.75, 3.05) is 18.5 Å². The Morgan fingerprint density at radius 2 is 2.06 bits per heavy atom. The first-order chi connectivity index (χ1) is 7.59. The highest BCUT2D eigenvalue weighted by atomic mass is 15.1. The second kappa shape index (κ2) is 6.54. The predicted molar refractivity (Wildman–Crippen MR) is 71.9 cm³/mol. The van der Waals surface area contributed by atoms with Gasteiger partial charge in [-0.15, -0.1) is 0 Å². The van der Waals surface area contributed by atoms with E-state index in [0.717, 1.165) is 13.0 Å². The van der Waals surface area contributed by atoms with Gasteiger partial charge in [0, 0.05) is 25.3 Å². The van der Waals surface area contributed by atoms with Crippen LogP contribution in [0.4, 0.5) is 5.69 Å². The average Bonchev–Trinajstić information content (AvgIpc) is 2.24. The second-order valence-electron chi connectivity index (χ2n) is 4.73. The monoisotopic (exact) mass is 220 g/mol. The topological polar surface area (TPSA) is 29.3 Å². The molecule has 0 aliphatic heterocycles. The Bertz CT molecular complexity index is 307. The molecule has 1 atom stereocenters. The number of anilines is 1. The third-order valence-corrected chi connectivity index (χ3v) is 2.85. The van der Waals surface area contributed by atoms with Crippen molar-refractivity contribution in [2.45, 2.75) is 39.2 Å². The molecule has 0 spiro atoms. The van der Waals surface area contributed by atoms with Gasteiger partial charge < -0.3 is 10.6 Å². The van der Waals surface area contributed by atoms with E-state index in [0.29, 0.717) is 6.04 Å². The van der Waals surface area contributed by atoms with Crippen LogP contribution in [0.2, 0.25) is 0 Å². The number of nitrogens with zero attached hydrogens (tertiary/aromatic N) is 1. The first kappa shape index (κ1) is 13.0. The van der Waals surface area contributed by atoms with Gasteiger partial charge in [-0.2, -0.15) is 0 Å². The van der Waals surface area contributed by atoms with Crippen LogP contribution >= 0.6 is 0 Å². The molecule has 90 valence electrons. The van der Waals surface area contributed by atoms with Crippen LogP contribution in [0.25, 0.3) is 0 Å². The van der Waals surface area contributed by atoms with Crippen LogP contribution in [0.15, 0.2) is 24.3 Å². The summed E-state index contributed by atoms with van der Waals surface area (Å²) in [5.41, 5.74) is 8.35. The van der Waals surface area contributed by atoms with Crippen LogP contribution in [-0.2, 0) is 0 Å². The van der Waals surface area contributed by atoms with Gasteiger partial charge in [0.15, 0.2) is 0 Å². The van der Waals surface area contributed by atoms with Gasteiger partial charge in [0.2, 0.25) is 0 Å². The maximum Gasteiger partial charge on any atom is 0.0366 e. The molecule has 0 aliphatic carbocycles. The fraction of sp³-hybridized carbons (Fsp3) is 0.571. The van der Waals surface area contributed by atoms with Gasteiger partial charge in [-0.05, 0) is 44.4 Å². The highest BCUT2D eigenvalue weighted by molar-refractivity contribution is 5.47. The van der Waals surface area contributed by atoms with Crippen molar-refractivity contribution in [3.63, 3.8) is 0 Å². The Hall–Kier alpha value is -1.02. The molecule has 2 N–H and O–H groups in total. The molecule has 1 unspecified atom stereocenters. The molecule has 0 saturated carbocycles. The Morgan fingerprint density at radius 1 is 1.31 bits per heavy atom. The van der Waals surface area contributed by atoms with Crippen LogP contribution in [-0.4, -0.2) is 19.6 Å². The van der Waals surface area contributed by atoms with Crippen LogP contribution in [0, 0.1) is 6.92 Å². The lowest BCUT2D eigenvalue weighted by Crippen LogP contribution is -2.20. The lowest BCUT2D eigenvalue weighted by molar-refractivity contribution is 0.596. The zero-order valence-electron chi connectivity index (χ0n) is 10.7. The molecule has 16 heavy (non-hydrogen) atoms. The Morgan fingerprint density at radius 3 is 2.69 bits per heavy atom. The number of unbranched alkanes of at least 4 members (excludes halogenated alkanes) is 1. The molecule has 0 fully saturated rings. The first-order valence-corrected chi connectivity index (χ1v) is 6.13. The van der Waals surface area contributed by atoms with Crippen LogP contribution in [0.5, 0.6) is 0 Å². The second-order valence-corrected chi connectivity index (χ2v) is 4.73. The number of rotatable bonds is 6. The van der Waals surface area contributed by atoms with E-state index in [1.807, 2.05) is 0 Å². The molecule has 0 saturated heterocycles. The molecular formula is C14H24N2. The summed E-state index contributed by atoms with van der Waals surface area (Å²) in [6.45, 7) is 5.31. The van der Waals surface area contributed by atoms with Crippen LogP contribution in [0.3, 0.4) is 0 Å². The number of hydrogen-bond donors (Lipinski definition) is 1. The maximum atomic E-state index is 5.73. The van der Waals surface area contributed by atoms with Crippen LogP contribution in [0.1, 0.15) is 31.7 Å². The molecule has 1 aromatic rings. The highest BCUT2D eigenvalue weighted by Gasteiger charge is 2.01. The minimum Gasteiger partial charge on any atom is -0.375 e. The smallest absolute Gasteiger partial charge is 0.0366 e. The minimum absolute atomic E-state index is 0.337. The summed E-state index contributed by atoms with van der Waals surface area (Å²) in [6, 6.07) is 8.98. The van der Waals surface area contributed by atoms with Crippen molar-refractivity contribution < 1.29 is 0 Å². The van der Waals surface area contributed by atoms with Crippen molar-refractivity contribution in [3.05, 3.63) is 29.8 Å². The summed E-state index contributed by atoms with van der Waals surface area (Å²) < 4.78 is 0. The summed E-state index contributed by atoms with van der Waals surface area (Å²) in [7, 11) is 2.15. The number of nitrogens with two attached hydrogens (primary N) is 1. The predicted octanol–water partition coefficient (Wildman–Crippen LogP) is 2.95. The third kappa shape index (κ3) is 4.67. The summed E-state index contributed by atoms with van der Waals surface area (Å²) in [5.74, 6) is 0. The fourth-order valence-corrected chi connectivity index (χ4v) is 1.81. The molecule has 0 aromatic heterocycles. The van der Waals surface area contributed by atoms with Gasteiger partial charge in [-0.25, -0.2) is 0 Å². The van der Waals surface area contributed by atoms with E-state index in [2.05, 4.69) is 50.1 Å². The standard InChI is InChI=1S/C14H24N2/c1-12-7-6-9-14(11-12)16(3)10-5-4-8-13(2)15/h6-7,9,11,13H,4-5,8,10,15H2,1-3H3. The lowest BCUT2D eigenvalue weighted by Gasteiger charge is -2.19. The molecule has 1 rings (SSSR count). The zero-order chi connectivity index (χ0) is 12.0. The lowest BCUT2D eigenvalue weighted by atomic mass is 10.1. The summed E-state index contributed by atoms with van der Waals surface area (Å²) in [4.78, 5) is 2.31. The van der Waals surface area contributed by atoms with Crippen molar-refractivity contribution in [1.29, 1.82) is 0 Å². The van der Waals surface area contributed by atoms with E-state index >= 15 is 0 Å².